The quantitative estimate of drug-likeness (QED) is 0.892. The van der Waals surface area contributed by atoms with Crippen molar-refractivity contribution in [3.05, 3.63) is 40.4 Å². The molecular formula is C11H9ClFN3O3. The second-order valence-electron chi connectivity index (χ2n) is 3.62. The molecule has 0 saturated carbocycles. The van der Waals surface area contributed by atoms with E-state index in [0.29, 0.717) is 5.69 Å². The topological polar surface area (TPSA) is 88.3 Å². The normalized spacial score (nSPS) is 10.5. The van der Waals surface area contributed by atoms with Crippen molar-refractivity contribution < 1.29 is 18.9 Å². The molecule has 0 aliphatic heterocycles. The van der Waals surface area contributed by atoms with E-state index < -0.39 is 11.7 Å². The van der Waals surface area contributed by atoms with E-state index in [1.54, 1.807) is 0 Å². The fourth-order valence-corrected chi connectivity index (χ4v) is 1.59. The fourth-order valence-electron chi connectivity index (χ4n) is 1.41. The largest absolute Gasteiger partial charge is 0.396 e. The highest BCUT2D eigenvalue weighted by Gasteiger charge is 2.18. The molecule has 2 rings (SSSR count). The Bertz CT molecular complexity index is 603. The summed E-state index contributed by atoms with van der Waals surface area (Å²) in [5.41, 5.74) is 0.525. The molecule has 0 aliphatic rings. The number of aliphatic hydroxyl groups is 1. The van der Waals surface area contributed by atoms with Gasteiger partial charge in [0.05, 0.1) is 5.02 Å². The second kappa shape index (κ2) is 5.77. The van der Waals surface area contributed by atoms with Crippen molar-refractivity contribution in [2.75, 3.05) is 11.9 Å². The average Bonchev–Trinajstić information content (AvgIpc) is 2.83. The molecule has 1 aromatic carbocycles. The van der Waals surface area contributed by atoms with Gasteiger partial charge in [0.1, 0.15) is 11.5 Å². The van der Waals surface area contributed by atoms with Crippen molar-refractivity contribution in [2.24, 2.45) is 0 Å². The van der Waals surface area contributed by atoms with E-state index in [0.717, 1.165) is 6.07 Å². The smallest absolute Gasteiger partial charge is 0.279 e. The van der Waals surface area contributed by atoms with Crippen LogP contribution in [0.25, 0.3) is 0 Å². The predicted octanol–water partition coefficient (Wildman–Crippen LogP) is 1.65. The van der Waals surface area contributed by atoms with Gasteiger partial charge in [0, 0.05) is 18.7 Å². The third-order valence-corrected chi connectivity index (χ3v) is 2.59. The minimum atomic E-state index is -0.580. The van der Waals surface area contributed by atoms with Crippen LogP contribution in [0.3, 0.4) is 0 Å². The van der Waals surface area contributed by atoms with E-state index in [1.165, 1.54) is 12.1 Å². The van der Waals surface area contributed by atoms with Gasteiger partial charge in [-0.25, -0.2) is 9.02 Å². The maximum Gasteiger partial charge on any atom is 0.279 e. The first kappa shape index (κ1) is 13.4. The summed E-state index contributed by atoms with van der Waals surface area (Å²) in [6.45, 7) is -0.184. The Morgan fingerprint density at radius 3 is 2.95 bits per heavy atom. The summed E-state index contributed by atoms with van der Waals surface area (Å²) in [5, 5.41) is 18.1. The molecule has 0 spiro atoms. The molecule has 2 aromatic rings. The number of rotatable bonds is 4. The first-order valence-electron chi connectivity index (χ1n) is 5.30. The average molecular weight is 286 g/mol. The first-order valence-corrected chi connectivity index (χ1v) is 5.68. The minimum absolute atomic E-state index is 0.0329. The lowest BCUT2D eigenvalue weighted by Gasteiger charge is -2.04. The number of aliphatic hydroxyl groups excluding tert-OH is 1. The molecule has 100 valence electrons. The van der Waals surface area contributed by atoms with Crippen LogP contribution in [0.15, 0.2) is 22.8 Å². The van der Waals surface area contributed by atoms with Gasteiger partial charge in [-0.15, -0.1) is 0 Å². The summed E-state index contributed by atoms with van der Waals surface area (Å²) < 4.78 is 17.4. The Morgan fingerprint density at radius 2 is 2.26 bits per heavy atom. The Hall–Kier alpha value is -1.99. The molecule has 0 aliphatic carbocycles. The molecule has 0 unspecified atom stereocenters. The van der Waals surface area contributed by atoms with Crippen molar-refractivity contribution in [1.82, 2.24) is 10.3 Å². The number of carbonyl (C=O) groups is 1. The predicted molar refractivity (Wildman–Crippen MR) is 64.5 cm³/mol. The van der Waals surface area contributed by atoms with Crippen LogP contribution < -0.4 is 5.32 Å². The Kier molecular flexibility index (Phi) is 4.08. The number of aromatic nitrogens is 2. The highest BCUT2D eigenvalue weighted by Crippen LogP contribution is 2.20. The molecule has 1 aromatic heterocycles. The van der Waals surface area contributed by atoms with E-state index in [-0.39, 0.29) is 29.4 Å². The summed E-state index contributed by atoms with van der Waals surface area (Å²) in [6.07, 6.45) is 0.149. The molecule has 0 radical (unpaired) electrons. The van der Waals surface area contributed by atoms with Gasteiger partial charge in [-0.05, 0) is 23.4 Å². The molecule has 1 heterocycles. The molecule has 8 heteroatoms. The van der Waals surface area contributed by atoms with Crippen LogP contribution in [0.2, 0.25) is 5.02 Å². The van der Waals surface area contributed by atoms with Gasteiger partial charge < -0.3 is 10.4 Å². The van der Waals surface area contributed by atoms with Crippen LogP contribution in [-0.2, 0) is 6.42 Å². The standard InChI is InChI=1S/C11H9ClFN3O3/c12-7-5-6(1-2-8(7)13)14-11(18)10-9(3-4-17)15-19-16-10/h1-2,5,17H,3-4H2,(H,14,18). The fraction of sp³-hybridized carbons (Fsp3) is 0.182. The second-order valence-corrected chi connectivity index (χ2v) is 4.02. The zero-order chi connectivity index (χ0) is 13.8. The molecule has 6 nitrogen and oxygen atoms in total. The van der Waals surface area contributed by atoms with Crippen LogP contribution in [0.5, 0.6) is 0 Å². The van der Waals surface area contributed by atoms with Gasteiger partial charge >= 0.3 is 0 Å². The maximum atomic E-state index is 13.0. The SMILES string of the molecule is O=C(Nc1ccc(F)c(Cl)c1)c1nonc1CCO. The number of anilines is 1. The molecule has 0 atom stereocenters. The van der Waals surface area contributed by atoms with Crippen molar-refractivity contribution >= 4 is 23.2 Å². The Morgan fingerprint density at radius 1 is 1.47 bits per heavy atom. The van der Waals surface area contributed by atoms with E-state index in [4.69, 9.17) is 16.7 Å². The summed E-state index contributed by atoms with van der Waals surface area (Å²) in [4.78, 5) is 11.9. The van der Waals surface area contributed by atoms with E-state index in [1.807, 2.05) is 0 Å². The van der Waals surface area contributed by atoms with Crippen LogP contribution >= 0.6 is 11.6 Å². The molecule has 1 amide bonds. The molecule has 0 saturated heterocycles. The first-order chi connectivity index (χ1) is 9.11. The van der Waals surface area contributed by atoms with Gasteiger partial charge in [0.25, 0.3) is 5.91 Å². The lowest BCUT2D eigenvalue weighted by atomic mass is 10.2. The van der Waals surface area contributed by atoms with Gasteiger partial charge in [0.2, 0.25) is 0 Å². The van der Waals surface area contributed by atoms with E-state index in [2.05, 4.69) is 20.3 Å². The van der Waals surface area contributed by atoms with Gasteiger partial charge in [-0.3, -0.25) is 4.79 Å². The Balaban J connectivity index is 2.16. The molecular weight excluding hydrogens is 277 g/mol. The number of nitrogens with one attached hydrogen (secondary N) is 1. The summed E-state index contributed by atoms with van der Waals surface area (Å²) >= 11 is 5.60. The van der Waals surface area contributed by atoms with Crippen LogP contribution in [0.1, 0.15) is 16.2 Å². The van der Waals surface area contributed by atoms with Crippen molar-refractivity contribution in [1.29, 1.82) is 0 Å². The third kappa shape index (κ3) is 3.07. The maximum absolute atomic E-state index is 13.0. The number of hydrogen-bond donors (Lipinski definition) is 2. The molecule has 0 bridgehead atoms. The highest BCUT2D eigenvalue weighted by molar-refractivity contribution is 6.31. The molecule has 19 heavy (non-hydrogen) atoms. The van der Waals surface area contributed by atoms with Crippen molar-refractivity contribution in [2.45, 2.75) is 6.42 Å². The van der Waals surface area contributed by atoms with E-state index in [9.17, 15) is 9.18 Å². The third-order valence-electron chi connectivity index (χ3n) is 2.30. The monoisotopic (exact) mass is 285 g/mol. The van der Waals surface area contributed by atoms with Gasteiger partial charge in [0.15, 0.2) is 5.69 Å². The lowest BCUT2D eigenvalue weighted by Crippen LogP contribution is -2.15. The number of nitrogens with zero attached hydrogens (tertiary/aromatic N) is 2. The number of benzene rings is 1. The number of carbonyl (C=O) groups excluding carboxylic acids is 1. The van der Waals surface area contributed by atoms with Crippen LogP contribution in [-0.4, -0.2) is 27.9 Å². The van der Waals surface area contributed by atoms with Gasteiger partial charge in [-0.2, -0.15) is 0 Å². The van der Waals surface area contributed by atoms with Crippen LogP contribution in [0.4, 0.5) is 10.1 Å². The van der Waals surface area contributed by atoms with E-state index >= 15 is 0 Å². The van der Waals surface area contributed by atoms with Crippen molar-refractivity contribution in [3.8, 4) is 0 Å². The molecule has 0 fully saturated rings. The van der Waals surface area contributed by atoms with Crippen LogP contribution in [0, 0.1) is 5.82 Å². The highest BCUT2D eigenvalue weighted by atomic mass is 35.5. The minimum Gasteiger partial charge on any atom is -0.396 e. The Labute approximate surface area is 112 Å². The number of amides is 1. The summed E-state index contributed by atoms with van der Waals surface area (Å²) in [6, 6.07) is 3.76. The zero-order valence-electron chi connectivity index (χ0n) is 9.56. The number of hydrogen-bond acceptors (Lipinski definition) is 5. The molecule has 2 N–H and O–H groups in total. The summed E-state index contributed by atoms with van der Waals surface area (Å²) in [7, 11) is 0. The van der Waals surface area contributed by atoms with Gasteiger partial charge in [-0.1, -0.05) is 16.8 Å². The summed E-state index contributed by atoms with van der Waals surface area (Å²) in [5.74, 6) is -1.16. The number of halogens is 2. The van der Waals surface area contributed by atoms with Crippen molar-refractivity contribution in [3.63, 3.8) is 0 Å². The zero-order valence-corrected chi connectivity index (χ0v) is 10.3. The lowest BCUT2D eigenvalue weighted by molar-refractivity contribution is 0.101.